The number of nitrogens with zero attached hydrogens (tertiary/aromatic N) is 10. The van der Waals surface area contributed by atoms with E-state index in [1.54, 1.807) is 75.8 Å². The van der Waals surface area contributed by atoms with Crippen molar-refractivity contribution in [2.24, 2.45) is 15.0 Å². The van der Waals surface area contributed by atoms with Gasteiger partial charge in [-0.25, -0.2) is 14.0 Å². The molecule has 25 heteroatoms. The van der Waals surface area contributed by atoms with Crippen LogP contribution in [0, 0.1) is 62.3 Å². The molecule has 0 radical (unpaired) electrons. The fourth-order valence-corrected chi connectivity index (χ4v) is 16.2. The zero-order valence-corrected chi connectivity index (χ0v) is 67.3. The van der Waals surface area contributed by atoms with Crippen molar-refractivity contribution >= 4 is 86.0 Å². The first kappa shape index (κ1) is 80.9. The Labute approximate surface area is 656 Å². The van der Waals surface area contributed by atoms with Crippen molar-refractivity contribution in [2.45, 2.75) is 140 Å². The Hall–Kier alpha value is -11.1. The highest BCUT2D eigenvalue weighted by atomic mass is 32.1. The predicted octanol–water partition coefficient (Wildman–Crippen LogP) is 14.7. The summed E-state index contributed by atoms with van der Waals surface area (Å²) in [6, 6.07) is 37.7. The zero-order chi connectivity index (χ0) is 79.3. The SMILES string of the molecule is CC(=NCC(=O)c1ccc(C(=O)CCc2ccccn2)s1)c1c(C)[nH]n(-c2ccc(C)c(C)c2)c1=O.CC(=NCC(=O)c1ccc(C(=O)CCc2cccnc2)s1)c1c(C)[nH]n(-c2ccc(C)c(C)c2)c1=O.CC(=NCC(=O)c1ccc(C(=O)N2CCC(N3CCCC3)CC2)s1)c1c(C)[nH]n(-c2ccc(C)c(C)c2)c1=O. The van der Waals surface area contributed by atoms with Crippen molar-refractivity contribution < 1.29 is 28.8 Å². The van der Waals surface area contributed by atoms with Crippen LogP contribution in [0.1, 0.15) is 196 Å². The number of thiophene rings is 3. The average Bonchev–Trinajstić information content (AvgIpc) is 1.66. The molecule has 10 heterocycles. The Morgan fingerprint density at radius 3 is 1.20 bits per heavy atom. The first-order chi connectivity index (χ1) is 53.2. The van der Waals surface area contributed by atoms with Crippen LogP contribution in [0.3, 0.4) is 0 Å². The first-order valence-corrected chi connectivity index (χ1v) is 39.7. The number of hydrogen-bond donors (Lipinski definition) is 3. The summed E-state index contributed by atoms with van der Waals surface area (Å²) in [5, 5.41) is 9.37. The van der Waals surface area contributed by atoms with Gasteiger partial charge in [0, 0.05) is 90.5 Å². The van der Waals surface area contributed by atoms with Crippen molar-refractivity contribution in [2.75, 3.05) is 45.8 Å². The van der Waals surface area contributed by atoms with E-state index < -0.39 is 0 Å². The second-order valence-corrected chi connectivity index (χ2v) is 31.6. The van der Waals surface area contributed by atoms with Crippen LogP contribution in [-0.4, -0.2) is 153 Å². The second-order valence-electron chi connectivity index (χ2n) is 28.3. The summed E-state index contributed by atoms with van der Waals surface area (Å²) < 4.78 is 4.52. The van der Waals surface area contributed by atoms with Crippen molar-refractivity contribution in [3.8, 4) is 17.1 Å². The molecule has 2 aliphatic heterocycles. The summed E-state index contributed by atoms with van der Waals surface area (Å²) in [7, 11) is 0. The maximum atomic E-state index is 13.2. The molecule has 0 saturated carbocycles. The summed E-state index contributed by atoms with van der Waals surface area (Å²) in [6.07, 6.45) is 11.6. The predicted molar refractivity (Wildman–Crippen MR) is 442 cm³/mol. The number of amides is 1. The molecule has 0 atom stereocenters. The molecule has 111 heavy (non-hydrogen) atoms. The minimum absolute atomic E-state index is 0.00238. The highest BCUT2D eigenvalue weighted by molar-refractivity contribution is 7.16. The Bertz CT molecular complexity index is 5330. The van der Waals surface area contributed by atoms with Crippen LogP contribution < -0.4 is 16.7 Å². The van der Waals surface area contributed by atoms with Gasteiger partial charge in [-0.05, 0) is 265 Å². The van der Waals surface area contributed by atoms with Gasteiger partial charge in [-0.2, -0.15) is 0 Å². The third-order valence-electron chi connectivity index (χ3n) is 20.4. The van der Waals surface area contributed by atoms with E-state index in [9.17, 15) is 43.2 Å². The lowest BCUT2D eigenvalue weighted by Crippen LogP contribution is -2.45. The average molecular weight is 1550 g/mol. The van der Waals surface area contributed by atoms with Gasteiger partial charge in [-0.15, -0.1) is 34.0 Å². The number of carbonyl (C=O) groups excluding carboxylic acids is 6. The van der Waals surface area contributed by atoms with Gasteiger partial charge in [0.25, 0.3) is 22.6 Å². The third-order valence-corrected chi connectivity index (χ3v) is 23.9. The van der Waals surface area contributed by atoms with E-state index in [0.29, 0.717) is 112 Å². The van der Waals surface area contributed by atoms with Crippen LogP contribution >= 0.6 is 34.0 Å². The lowest BCUT2D eigenvalue weighted by molar-refractivity contribution is 0.0648. The summed E-state index contributed by atoms with van der Waals surface area (Å²) in [4.78, 5) is 145. The molecule has 0 bridgehead atoms. The van der Waals surface area contributed by atoms with Gasteiger partial charge in [0.2, 0.25) is 0 Å². The van der Waals surface area contributed by atoms with E-state index in [1.807, 2.05) is 152 Å². The van der Waals surface area contributed by atoms with E-state index >= 15 is 0 Å². The van der Waals surface area contributed by atoms with Crippen LogP contribution in [-0.2, 0) is 12.8 Å². The van der Waals surface area contributed by atoms with E-state index in [0.717, 1.165) is 87.6 Å². The van der Waals surface area contributed by atoms with Gasteiger partial charge >= 0.3 is 0 Å². The lowest BCUT2D eigenvalue weighted by Gasteiger charge is -2.36. The van der Waals surface area contributed by atoms with Gasteiger partial charge < -0.3 is 9.80 Å². The number of Topliss-reactive ketones (excluding diaryl/α,β-unsaturated/α-hetero) is 5. The number of carbonyl (C=O) groups is 6. The molecule has 13 rings (SSSR count). The standard InChI is InChI=1S/C30H37N5O3S.2C28H28N4O3S/c1-19-7-8-24(17-20(19)2)35-30(38)28(22(4)32-35)21(3)31-18-25(36)26-9-10-27(39-26)29(37)34-15-11-23(12-16-34)33-13-5-6-14-33;1-17-7-9-22(14-18(17)2)32-28(35)27(20(4)31-32)19(3)30-16-24(34)26-12-11-25(36-26)23(33)10-8-21-6-5-13-29-15-21;1-17-8-10-22(15-18(17)2)32-28(35)27(20(4)31-32)19(3)30-16-24(34)26-13-12-25(36-26)23(33)11-9-21-7-5-6-14-29-21/h7-10,17,23,32H,5-6,11-16,18H2,1-4H3;5-7,9,11-15,31H,8,10,16H2,1-4H3;5-8,10,12-15,31H,9,11,16H2,1-4H3. The fourth-order valence-electron chi connectivity index (χ4n) is 13.5. The molecular formula is C86H93N13O9S3. The molecule has 1 amide bonds. The molecule has 3 aromatic carbocycles. The van der Waals surface area contributed by atoms with Gasteiger partial charge in [0.05, 0.1) is 63.0 Å². The second kappa shape index (κ2) is 36.6. The quantitative estimate of drug-likeness (QED) is 0.0356. The number of aliphatic imine (C=N–C) groups is 3. The Morgan fingerprint density at radius 2 is 0.820 bits per heavy atom. The van der Waals surface area contributed by atoms with Crippen molar-refractivity contribution in [3.63, 3.8) is 0 Å². The molecule has 0 aliphatic carbocycles. The van der Waals surface area contributed by atoms with Crippen LogP contribution in [0.15, 0.2) is 169 Å². The zero-order valence-electron chi connectivity index (χ0n) is 64.8. The van der Waals surface area contributed by atoms with Crippen molar-refractivity contribution in [3.05, 3.63) is 279 Å². The lowest BCUT2D eigenvalue weighted by atomic mass is 10.0. The summed E-state index contributed by atoms with van der Waals surface area (Å²) in [5.74, 6) is -0.543. The normalized spacial score (nSPS) is 13.6. The molecule has 2 aliphatic rings. The van der Waals surface area contributed by atoms with Gasteiger partial charge in [0.15, 0.2) is 28.9 Å². The number of hydrogen-bond acceptors (Lipinski definition) is 18. The summed E-state index contributed by atoms with van der Waals surface area (Å²) in [6.45, 7) is 26.4. The molecular weight excluding hydrogens is 1460 g/mol. The van der Waals surface area contributed by atoms with E-state index in [1.165, 1.54) is 74.0 Å². The van der Waals surface area contributed by atoms with E-state index in [2.05, 4.69) is 45.1 Å². The number of aromatic nitrogens is 8. The largest absolute Gasteiger partial charge is 0.338 e. The van der Waals surface area contributed by atoms with Gasteiger partial charge in [0.1, 0.15) is 19.6 Å². The monoisotopic (exact) mass is 1550 g/mol. The number of ketones is 5. The Kier molecular flexibility index (Phi) is 26.7. The fraction of sp³-hybridized carbons (Fsp3) is 0.326. The summed E-state index contributed by atoms with van der Waals surface area (Å²) in [5.41, 5.74) is 15.2. The van der Waals surface area contributed by atoms with Gasteiger partial charge in [-0.3, -0.25) is 83.4 Å². The minimum Gasteiger partial charge on any atom is -0.338 e. The highest BCUT2D eigenvalue weighted by Gasteiger charge is 2.30. The van der Waals surface area contributed by atoms with E-state index in [-0.39, 0.29) is 71.1 Å². The number of pyridine rings is 2. The third kappa shape index (κ3) is 19.7. The van der Waals surface area contributed by atoms with Crippen LogP contribution in [0.4, 0.5) is 0 Å². The maximum Gasteiger partial charge on any atom is 0.280 e. The number of piperidine rings is 1. The number of likely N-dealkylation sites (tertiary alicyclic amines) is 2. The first-order valence-electron chi connectivity index (χ1n) is 37.2. The Morgan fingerprint density at radius 1 is 0.432 bits per heavy atom. The molecule has 22 nitrogen and oxygen atoms in total. The van der Waals surface area contributed by atoms with Gasteiger partial charge in [-0.1, -0.05) is 30.3 Å². The molecule has 3 N–H and O–H groups in total. The molecule has 2 saturated heterocycles. The molecule has 2 fully saturated rings. The number of benzene rings is 3. The minimum atomic E-state index is -0.207. The topological polar surface area (TPSA) is 285 Å². The van der Waals surface area contributed by atoms with Crippen LogP contribution in [0.5, 0.6) is 0 Å². The number of aryl methyl sites for hydroxylation is 11. The van der Waals surface area contributed by atoms with Crippen LogP contribution in [0.25, 0.3) is 17.1 Å². The maximum absolute atomic E-state index is 13.2. The number of nitrogens with one attached hydrogen (secondary N) is 3. The molecule has 8 aromatic heterocycles. The molecule has 0 unspecified atom stereocenters. The van der Waals surface area contributed by atoms with Crippen LogP contribution in [0.2, 0.25) is 0 Å². The van der Waals surface area contributed by atoms with Crippen molar-refractivity contribution in [1.82, 2.24) is 49.1 Å². The highest BCUT2D eigenvalue weighted by Crippen LogP contribution is 2.27. The smallest absolute Gasteiger partial charge is 0.280 e. The number of aromatic amines is 3. The Balaban J connectivity index is 0.000000165. The van der Waals surface area contributed by atoms with Crippen molar-refractivity contribution in [1.29, 1.82) is 0 Å². The number of rotatable bonds is 25. The molecule has 0 spiro atoms. The van der Waals surface area contributed by atoms with E-state index in [4.69, 9.17) is 0 Å². The number of H-pyrrole nitrogens is 3. The molecule has 574 valence electrons. The molecule has 11 aromatic rings. The summed E-state index contributed by atoms with van der Waals surface area (Å²) >= 11 is 3.60.